The molecule has 1 aromatic carbocycles. The summed E-state index contributed by atoms with van der Waals surface area (Å²) in [6, 6.07) is 5.08. The van der Waals surface area contributed by atoms with Crippen molar-refractivity contribution < 1.29 is 22.7 Å². The molecule has 0 saturated carbocycles. The monoisotopic (exact) mass is 349 g/mol. The van der Waals surface area contributed by atoms with Crippen molar-refractivity contribution in [3.8, 4) is 5.75 Å². The molecule has 0 unspecified atom stereocenters. The molecule has 0 saturated heterocycles. The lowest BCUT2D eigenvalue weighted by Gasteiger charge is -2.09. The van der Waals surface area contributed by atoms with Gasteiger partial charge in [0.15, 0.2) is 28.8 Å². The van der Waals surface area contributed by atoms with Crippen molar-refractivity contribution >= 4 is 17.2 Å². The normalized spacial score (nSPS) is 10.9. The van der Waals surface area contributed by atoms with E-state index in [9.17, 15) is 18.0 Å². The van der Waals surface area contributed by atoms with Crippen molar-refractivity contribution in [2.75, 3.05) is 11.9 Å². The van der Waals surface area contributed by atoms with E-state index in [1.165, 1.54) is 4.40 Å². The molecule has 3 rings (SSSR count). The van der Waals surface area contributed by atoms with Gasteiger partial charge in [-0.25, -0.2) is 18.2 Å². The second-order valence-electron chi connectivity index (χ2n) is 5.22. The topological polar surface area (TPSA) is 55.6 Å². The maximum atomic E-state index is 13.8. The average molecular weight is 349 g/mol. The fourth-order valence-corrected chi connectivity index (χ4v) is 2.50. The van der Waals surface area contributed by atoms with Crippen LogP contribution in [0.25, 0.3) is 5.65 Å². The molecule has 1 amide bonds. The third-order valence-electron chi connectivity index (χ3n) is 3.59. The van der Waals surface area contributed by atoms with Gasteiger partial charge in [-0.2, -0.15) is 0 Å². The van der Waals surface area contributed by atoms with Gasteiger partial charge >= 0.3 is 0 Å². The molecule has 0 fully saturated rings. The van der Waals surface area contributed by atoms with Gasteiger partial charge in [-0.15, -0.1) is 0 Å². The van der Waals surface area contributed by atoms with Crippen LogP contribution in [-0.2, 0) is 0 Å². The number of carbonyl (C=O) groups excluding carboxylic acids is 1. The molecule has 0 spiro atoms. The van der Waals surface area contributed by atoms with Crippen molar-refractivity contribution in [3.63, 3.8) is 0 Å². The first-order chi connectivity index (χ1) is 11.9. The molecule has 130 valence electrons. The number of aromatic nitrogens is 2. The van der Waals surface area contributed by atoms with Crippen molar-refractivity contribution in [2.45, 2.75) is 13.8 Å². The number of aryl methyl sites for hydroxylation is 1. The predicted octanol–water partition coefficient (Wildman–Crippen LogP) is 3.71. The lowest BCUT2D eigenvalue weighted by molar-refractivity contribution is 0.102. The van der Waals surface area contributed by atoms with Crippen LogP contribution < -0.4 is 10.1 Å². The quantitative estimate of drug-likeness (QED) is 0.731. The summed E-state index contributed by atoms with van der Waals surface area (Å²) in [5.41, 5.74) is 0.491. The Balaban J connectivity index is 2.02. The number of imidazole rings is 1. The number of hydrogen-bond donors (Lipinski definition) is 1. The highest BCUT2D eigenvalue weighted by atomic mass is 19.2. The lowest BCUT2D eigenvalue weighted by Crippen LogP contribution is -2.17. The number of halogens is 3. The van der Waals surface area contributed by atoms with Gasteiger partial charge in [0, 0.05) is 6.20 Å². The first kappa shape index (κ1) is 16.8. The molecule has 5 nitrogen and oxygen atoms in total. The van der Waals surface area contributed by atoms with Crippen molar-refractivity contribution in [1.82, 2.24) is 9.38 Å². The molecular weight excluding hydrogens is 335 g/mol. The molecule has 1 N–H and O–H groups in total. The van der Waals surface area contributed by atoms with Crippen molar-refractivity contribution in [3.05, 3.63) is 59.3 Å². The molecular formula is C17H14F3N3O2. The molecule has 2 aromatic heterocycles. The Morgan fingerprint density at radius 3 is 2.72 bits per heavy atom. The van der Waals surface area contributed by atoms with Gasteiger partial charge in [0.1, 0.15) is 5.69 Å². The Morgan fingerprint density at radius 1 is 1.24 bits per heavy atom. The number of rotatable bonds is 4. The van der Waals surface area contributed by atoms with Crippen LogP contribution in [0.1, 0.15) is 23.1 Å². The van der Waals surface area contributed by atoms with Crippen LogP contribution >= 0.6 is 0 Å². The summed E-state index contributed by atoms with van der Waals surface area (Å²) in [5, 5.41) is 2.24. The molecule has 0 bridgehead atoms. The zero-order valence-corrected chi connectivity index (χ0v) is 13.4. The Bertz CT molecular complexity index is 969. The number of anilines is 1. The molecule has 8 heteroatoms. The number of carbonyl (C=O) groups is 1. The van der Waals surface area contributed by atoms with Gasteiger partial charge in [-0.1, -0.05) is 0 Å². The van der Waals surface area contributed by atoms with Crippen LogP contribution in [0.4, 0.5) is 18.9 Å². The van der Waals surface area contributed by atoms with E-state index in [4.69, 9.17) is 4.74 Å². The maximum Gasteiger partial charge on any atom is 0.274 e. The van der Waals surface area contributed by atoms with E-state index in [0.717, 1.165) is 12.1 Å². The Kier molecular flexibility index (Phi) is 4.35. The minimum absolute atomic E-state index is 0.140. The Hall–Kier alpha value is -3.03. The largest absolute Gasteiger partial charge is 0.490 e. The third kappa shape index (κ3) is 2.90. The van der Waals surface area contributed by atoms with Gasteiger partial charge in [0.2, 0.25) is 0 Å². The number of benzene rings is 1. The number of amides is 1. The van der Waals surface area contributed by atoms with Crippen molar-refractivity contribution in [2.24, 2.45) is 0 Å². The van der Waals surface area contributed by atoms with E-state index in [-0.39, 0.29) is 5.69 Å². The number of nitrogens with one attached hydrogen (secondary N) is 1. The van der Waals surface area contributed by atoms with E-state index in [1.807, 2.05) is 6.92 Å². The number of hydrogen-bond acceptors (Lipinski definition) is 3. The van der Waals surface area contributed by atoms with Crippen LogP contribution in [0.15, 0.2) is 30.5 Å². The summed E-state index contributed by atoms with van der Waals surface area (Å²) in [5.74, 6) is -4.65. The smallest absolute Gasteiger partial charge is 0.274 e. The molecule has 0 aliphatic heterocycles. The Morgan fingerprint density at radius 2 is 2.00 bits per heavy atom. The summed E-state index contributed by atoms with van der Waals surface area (Å²) in [7, 11) is 0. The summed E-state index contributed by atoms with van der Waals surface area (Å²) in [6.45, 7) is 3.85. The van der Waals surface area contributed by atoms with Crippen LogP contribution in [0, 0.1) is 24.4 Å². The van der Waals surface area contributed by atoms with E-state index in [2.05, 4.69) is 10.3 Å². The molecule has 0 atom stereocenters. The minimum atomic E-state index is -1.65. The lowest BCUT2D eigenvalue weighted by atomic mass is 10.2. The summed E-state index contributed by atoms with van der Waals surface area (Å²) in [6.07, 6.45) is 1.61. The standard InChI is InChI=1S/C17H14F3N3O2/c1-3-25-12-5-4-8-23-15(9(2)21-16(12)23)17(24)22-11-7-6-10(18)13(19)14(11)20/h4-8H,3H2,1-2H3,(H,22,24). The number of pyridine rings is 1. The maximum absolute atomic E-state index is 13.8. The van der Waals surface area contributed by atoms with Gasteiger partial charge in [0.05, 0.1) is 18.0 Å². The summed E-state index contributed by atoms with van der Waals surface area (Å²) < 4.78 is 47.1. The molecule has 25 heavy (non-hydrogen) atoms. The van der Waals surface area contributed by atoms with Crippen LogP contribution in [0.5, 0.6) is 5.75 Å². The van der Waals surface area contributed by atoms with Crippen LogP contribution in [0.2, 0.25) is 0 Å². The third-order valence-corrected chi connectivity index (χ3v) is 3.59. The second kappa shape index (κ2) is 6.46. The summed E-state index contributed by atoms with van der Waals surface area (Å²) >= 11 is 0. The first-order valence-electron chi connectivity index (χ1n) is 7.49. The highest BCUT2D eigenvalue weighted by Crippen LogP contribution is 2.24. The zero-order valence-electron chi connectivity index (χ0n) is 13.4. The van der Waals surface area contributed by atoms with Crippen LogP contribution in [-0.4, -0.2) is 21.9 Å². The minimum Gasteiger partial charge on any atom is -0.490 e. The second-order valence-corrected chi connectivity index (χ2v) is 5.22. The van der Waals surface area contributed by atoms with Gasteiger partial charge in [-0.05, 0) is 38.1 Å². The van der Waals surface area contributed by atoms with E-state index in [1.54, 1.807) is 25.3 Å². The predicted molar refractivity (Wildman–Crippen MR) is 85.4 cm³/mol. The number of ether oxygens (including phenoxy) is 1. The SMILES string of the molecule is CCOc1cccn2c(C(=O)Nc3ccc(F)c(F)c3F)c(C)nc12. The Labute approximate surface area is 141 Å². The average Bonchev–Trinajstić information content (AvgIpc) is 2.93. The highest BCUT2D eigenvalue weighted by molar-refractivity contribution is 6.04. The molecule has 2 heterocycles. The van der Waals surface area contributed by atoms with E-state index in [0.29, 0.717) is 23.7 Å². The van der Waals surface area contributed by atoms with Gasteiger partial charge in [-0.3, -0.25) is 9.20 Å². The van der Waals surface area contributed by atoms with Gasteiger partial charge in [0.25, 0.3) is 5.91 Å². The van der Waals surface area contributed by atoms with Gasteiger partial charge < -0.3 is 10.1 Å². The molecule has 0 aliphatic carbocycles. The van der Waals surface area contributed by atoms with E-state index < -0.39 is 29.0 Å². The molecule has 0 aliphatic rings. The first-order valence-corrected chi connectivity index (χ1v) is 7.49. The highest BCUT2D eigenvalue weighted by Gasteiger charge is 2.21. The number of fused-ring (bicyclic) bond motifs is 1. The van der Waals surface area contributed by atoms with Crippen LogP contribution in [0.3, 0.4) is 0 Å². The fraction of sp³-hybridized carbons (Fsp3) is 0.176. The zero-order chi connectivity index (χ0) is 18.1. The fourth-order valence-electron chi connectivity index (χ4n) is 2.50. The molecule has 0 radical (unpaired) electrons. The van der Waals surface area contributed by atoms with Crippen molar-refractivity contribution in [1.29, 1.82) is 0 Å². The summed E-state index contributed by atoms with van der Waals surface area (Å²) in [4.78, 5) is 16.8. The van der Waals surface area contributed by atoms with E-state index >= 15 is 0 Å². The number of nitrogens with zero attached hydrogens (tertiary/aromatic N) is 2. The molecule has 3 aromatic rings.